The van der Waals surface area contributed by atoms with E-state index in [0.29, 0.717) is 45.1 Å². The maximum atomic E-state index is 12.5. The molecule has 0 aliphatic carbocycles. The van der Waals surface area contributed by atoms with Crippen molar-refractivity contribution in [3.05, 3.63) is 30.3 Å². The highest BCUT2D eigenvalue weighted by molar-refractivity contribution is 5.78. The number of piperazine rings is 1. The van der Waals surface area contributed by atoms with Gasteiger partial charge in [0.25, 0.3) is 0 Å². The SMILES string of the molecule is CCCNC(=O)CN1CCN(C(=O)Cn2nnc(-c3ccccc3)n2)CC1. The normalized spacial score (nSPS) is 14.9. The van der Waals surface area contributed by atoms with Gasteiger partial charge in [-0.2, -0.15) is 4.80 Å². The Morgan fingerprint density at radius 1 is 1.07 bits per heavy atom. The van der Waals surface area contributed by atoms with Gasteiger partial charge < -0.3 is 10.2 Å². The summed E-state index contributed by atoms with van der Waals surface area (Å²) in [7, 11) is 0. The van der Waals surface area contributed by atoms with Crippen molar-refractivity contribution in [1.82, 2.24) is 35.3 Å². The first-order valence-electron chi connectivity index (χ1n) is 9.25. The summed E-state index contributed by atoms with van der Waals surface area (Å²) >= 11 is 0. The van der Waals surface area contributed by atoms with Gasteiger partial charge in [-0.3, -0.25) is 14.5 Å². The Hall–Kier alpha value is -2.81. The van der Waals surface area contributed by atoms with E-state index >= 15 is 0 Å². The number of hydrogen-bond donors (Lipinski definition) is 1. The minimum atomic E-state index is -0.0397. The van der Waals surface area contributed by atoms with Gasteiger partial charge in [0, 0.05) is 38.3 Å². The quantitative estimate of drug-likeness (QED) is 0.737. The zero-order valence-corrected chi connectivity index (χ0v) is 15.5. The van der Waals surface area contributed by atoms with Crippen LogP contribution >= 0.6 is 0 Å². The van der Waals surface area contributed by atoms with Crippen molar-refractivity contribution in [1.29, 1.82) is 0 Å². The third-order valence-corrected chi connectivity index (χ3v) is 4.43. The van der Waals surface area contributed by atoms with Crippen molar-refractivity contribution in [3.8, 4) is 11.4 Å². The van der Waals surface area contributed by atoms with Crippen molar-refractivity contribution in [2.24, 2.45) is 0 Å². The Kier molecular flexibility index (Phi) is 6.48. The molecule has 27 heavy (non-hydrogen) atoms. The molecule has 1 aromatic heterocycles. The molecular formula is C18H25N7O2. The summed E-state index contributed by atoms with van der Waals surface area (Å²) < 4.78 is 0. The molecule has 9 heteroatoms. The number of aromatic nitrogens is 4. The Balaban J connectivity index is 1.46. The highest BCUT2D eigenvalue weighted by atomic mass is 16.2. The molecule has 0 saturated carbocycles. The van der Waals surface area contributed by atoms with E-state index in [1.807, 2.05) is 37.3 Å². The second-order valence-corrected chi connectivity index (χ2v) is 6.52. The highest BCUT2D eigenvalue weighted by Crippen LogP contribution is 2.12. The molecule has 0 atom stereocenters. The topological polar surface area (TPSA) is 96.2 Å². The highest BCUT2D eigenvalue weighted by Gasteiger charge is 2.23. The second-order valence-electron chi connectivity index (χ2n) is 6.52. The maximum absolute atomic E-state index is 12.5. The summed E-state index contributed by atoms with van der Waals surface area (Å²) in [6.07, 6.45) is 0.927. The Bertz CT molecular complexity index is 754. The van der Waals surface area contributed by atoms with Crippen molar-refractivity contribution in [2.45, 2.75) is 19.9 Å². The lowest BCUT2D eigenvalue weighted by atomic mass is 10.2. The van der Waals surface area contributed by atoms with E-state index in [1.165, 1.54) is 4.80 Å². The lowest BCUT2D eigenvalue weighted by Crippen LogP contribution is -2.51. The van der Waals surface area contributed by atoms with Crippen LogP contribution in [0.2, 0.25) is 0 Å². The first-order valence-corrected chi connectivity index (χ1v) is 9.25. The molecule has 1 fully saturated rings. The van der Waals surface area contributed by atoms with Gasteiger partial charge in [0.1, 0.15) is 6.54 Å². The Labute approximate surface area is 158 Å². The van der Waals surface area contributed by atoms with Crippen molar-refractivity contribution in [3.63, 3.8) is 0 Å². The van der Waals surface area contributed by atoms with E-state index in [0.717, 1.165) is 12.0 Å². The predicted molar refractivity (Wildman–Crippen MR) is 99.6 cm³/mol. The minimum absolute atomic E-state index is 0.0388. The fraction of sp³-hybridized carbons (Fsp3) is 0.500. The summed E-state index contributed by atoms with van der Waals surface area (Å²) in [4.78, 5) is 29.4. The molecule has 2 amide bonds. The minimum Gasteiger partial charge on any atom is -0.355 e. The van der Waals surface area contributed by atoms with Crippen LogP contribution in [0.15, 0.2) is 30.3 Å². The maximum Gasteiger partial charge on any atom is 0.246 e. The fourth-order valence-electron chi connectivity index (χ4n) is 2.91. The van der Waals surface area contributed by atoms with Gasteiger partial charge in [0.05, 0.1) is 6.54 Å². The Morgan fingerprint density at radius 3 is 2.52 bits per heavy atom. The van der Waals surface area contributed by atoms with Crippen molar-refractivity contribution < 1.29 is 9.59 Å². The first kappa shape index (κ1) is 19.0. The van der Waals surface area contributed by atoms with Crippen LogP contribution < -0.4 is 5.32 Å². The summed E-state index contributed by atoms with van der Waals surface area (Å²) in [5.41, 5.74) is 0.867. The molecule has 1 aliphatic rings. The largest absolute Gasteiger partial charge is 0.355 e. The van der Waals surface area contributed by atoms with E-state index in [2.05, 4.69) is 25.6 Å². The summed E-state index contributed by atoms with van der Waals surface area (Å²) in [5.74, 6) is 0.505. The lowest BCUT2D eigenvalue weighted by Gasteiger charge is -2.34. The standard InChI is InChI=1S/C18H25N7O2/c1-2-8-19-16(26)13-23-9-11-24(12-10-23)17(27)14-25-21-18(20-22-25)15-6-4-3-5-7-15/h3-7H,2,8-14H2,1H3,(H,19,26). The van der Waals surface area contributed by atoms with Gasteiger partial charge in [-0.25, -0.2) is 0 Å². The van der Waals surface area contributed by atoms with Crippen LogP contribution in [0.5, 0.6) is 0 Å². The average molecular weight is 371 g/mol. The predicted octanol–water partition coefficient (Wildman–Crippen LogP) is 0.0105. The molecule has 1 N–H and O–H groups in total. The summed E-state index contributed by atoms with van der Waals surface area (Å²) in [6.45, 7) is 5.74. The molecular weight excluding hydrogens is 346 g/mol. The van der Waals surface area contributed by atoms with Crippen molar-refractivity contribution >= 4 is 11.8 Å². The second kappa shape index (κ2) is 9.22. The molecule has 0 spiro atoms. The van der Waals surface area contributed by atoms with Gasteiger partial charge in [-0.15, -0.1) is 10.2 Å². The van der Waals surface area contributed by atoms with E-state index in [1.54, 1.807) is 4.90 Å². The number of nitrogens with zero attached hydrogens (tertiary/aromatic N) is 6. The number of nitrogens with one attached hydrogen (secondary N) is 1. The number of carbonyl (C=O) groups excluding carboxylic acids is 2. The van der Waals surface area contributed by atoms with E-state index in [4.69, 9.17) is 0 Å². The van der Waals surface area contributed by atoms with Crippen LogP contribution in [-0.4, -0.2) is 81.1 Å². The summed E-state index contributed by atoms with van der Waals surface area (Å²) in [5, 5.41) is 15.1. The Morgan fingerprint density at radius 2 is 1.81 bits per heavy atom. The van der Waals surface area contributed by atoms with E-state index in [-0.39, 0.29) is 18.4 Å². The molecule has 1 aromatic carbocycles. The number of carbonyl (C=O) groups is 2. The molecule has 1 aliphatic heterocycles. The molecule has 0 radical (unpaired) electrons. The van der Waals surface area contributed by atoms with E-state index < -0.39 is 0 Å². The molecule has 3 rings (SSSR count). The van der Waals surface area contributed by atoms with Gasteiger partial charge in [-0.05, 0) is 11.6 Å². The zero-order chi connectivity index (χ0) is 19.1. The third kappa shape index (κ3) is 5.33. The molecule has 2 heterocycles. The van der Waals surface area contributed by atoms with Gasteiger partial charge in [0.15, 0.2) is 0 Å². The van der Waals surface area contributed by atoms with Gasteiger partial charge >= 0.3 is 0 Å². The van der Waals surface area contributed by atoms with Gasteiger partial charge in [-0.1, -0.05) is 37.3 Å². The number of hydrogen-bond acceptors (Lipinski definition) is 6. The summed E-state index contributed by atoms with van der Waals surface area (Å²) in [6, 6.07) is 9.54. The number of rotatable bonds is 7. The number of amides is 2. The zero-order valence-electron chi connectivity index (χ0n) is 15.5. The molecule has 1 saturated heterocycles. The van der Waals surface area contributed by atoms with E-state index in [9.17, 15) is 9.59 Å². The average Bonchev–Trinajstić information content (AvgIpc) is 3.16. The first-order chi connectivity index (χ1) is 13.2. The number of tetrazole rings is 1. The monoisotopic (exact) mass is 371 g/mol. The number of benzene rings is 1. The van der Waals surface area contributed by atoms with Crippen LogP contribution in [0.4, 0.5) is 0 Å². The smallest absolute Gasteiger partial charge is 0.246 e. The van der Waals surface area contributed by atoms with Crippen molar-refractivity contribution in [2.75, 3.05) is 39.3 Å². The third-order valence-electron chi connectivity index (χ3n) is 4.43. The molecule has 144 valence electrons. The van der Waals surface area contributed by atoms with Crippen LogP contribution in [0.3, 0.4) is 0 Å². The van der Waals surface area contributed by atoms with Crippen LogP contribution in [0.1, 0.15) is 13.3 Å². The molecule has 0 bridgehead atoms. The molecule has 0 unspecified atom stereocenters. The molecule has 2 aromatic rings. The van der Waals surface area contributed by atoms with Gasteiger partial charge in [0.2, 0.25) is 17.6 Å². The molecule has 9 nitrogen and oxygen atoms in total. The van der Waals surface area contributed by atoms with Crippen LogP contribution in [-0.2, 0) is 16.1 Å². The van der Waals surface area contributed by atoms with Crippen LogP contribution in [0, 0.1) is 0 Å². The fourth-order valence-corrected chi connectivity index (χ4v) is 2.91. The lowest BCUT2D eigenvalue weighted by molar-refractivity contribution is -0.134. The van der Waals surface area contributed by atoms with Crippen LogP contribution in [0.25, 0.3) is 11.4 Å².